The summed E-state index contributed by atoms with van der Waals surface area (Å²) < 4.78 is 13.6. The van der Waals surface area contributed by atoms with Gasteiger partial charge in [0.15, 0.2) is 11.5 Å². The maximum absolute atomic E-state index is 12.6. The maximum atomic E-state index is 12.6. The lowest BCUT2D eigenvalue weighted by Crippen LogP contribution is -2.25. The average molecular weight is 485 g/mol. The highest BCUT2D eigenvalue weighted by atomic mass is 16.5. The van der Waals surface area contributed by atoms with Gasteiger partial charge in [0.2, 0.25) is 5.91 Å². The largest absolute Gasteiger partial charge is 0.490 e. The smallest absolute Gasteiger partial charge is 0.220 e. The van der Waals surface area contributed by atoms with Crippen molar-refractivity contribution in [3.63, 3.8) is 0 Å². The Kier molecular flexibility index (Phi) is 8.66. The molecule has 0 saturated heterocycles. The molecule has 0 aliphatic heterocycles. The number of aryl methyl sites for hydroxylation is 2. The first kappa shape index (κ1) is 25.4. The molecule has 3 aromatic carbocycles. The molecule has 1 amide bonds. The van der Waals surface area contributed by atoms with Crippen LogP contribution in [0, 0.1) is 6.92 Å². The molecule has 4 rings (SSSR count). The van der Waals surface area contributed by atoms with Crippen LogP contribution in [0.5, 0.6) is 11.5 Å². The second-order valence-electron chi connectivity index (χ2n) is 9.03. The standard InChI is InChI=1S/C31H36N2O3/c1-4-35-29-16-14-24(20-30(29)36-5-2)18-19-32-31(34)17-15-26-22-33(28-9-7-6-8-27(26)28)21-25-12-10-23(3)11-13-25/h6-14,16,20,22H,4-5,15,17-19,21H2,1-3H3,(H,32,34). The fourth-order valence-corrected chi connectivity index (χ4v) is 4.48. The molecule has 0 saturated carbocycles. The molecule has 188 valence electrons. The minimum atomic E-state index is 0.0707. The van der Waals surface area contributed by atoms with E-state index in [0.717, 1.165) is 30.0 Å². The van der Waals surface area contributed by atoms with Crippen molar-refractivity contribution in [1.82, 2.24) is 9.88 Å². The van der Waals surface area contributed by atoms with Crippen LogP contribution < -0.4 is 14.8 Å². The van der Waals surface area contributed by atoms with Crippen LogP contribution in [0.4, 0.5) is 0 Å². The van der Waals surface area contributed by atoms with E-state index in [9.17, 15) is 4.79 Å². The quantitative estimate of drug-likeness (QED) is 0.265. The van der Waals surface area contributed by atoms with Gasteiger partial charge >= 0.3 is 0 Å². The monoisotopic (exact) mass is 484 g/mol. The van der Waals surface area contributed by atoms with Crippen molar-refractivity contribution in [2.75, 3.05) is 19.8 Å². The minimum Gasteiger partial charge on any atom is -0.490 e. The van der Waals surface area contributed by atoms with Crippen LogP contribution in [0.15, 0.2) is 72.9 Å². The molecule has 4 aromatic rings. The third-order valence-electron chi connectivity index (χ3n) is 6.31. The fourth-order valence-electron chi connectivity index (χ4n) is 4.48. The van der Waals surface area contributed by atoms with E-state index in [-0.39, 0.29) is 5.91 Å². The average Bonchev–Trinajstić information content (AvgIpc) is 3.23. The number of rotatable bonds is 12. The molecule has 0 aliphatic rings. The summed E-state index contributed by atoms with van der Waals surface area (Å²) in [6.45, 7) is 8.62. The Morgan fingerprint density at radius 1 is 0.861 bits per heavy atom. The zero-order valence-corrected chi connectivity index (χ0v) is 21.5. The van der Waals surface area contributed by atoms with Gasteiger partial charge in [-0.3, -0.25) is 4.79 Å². The van der Waals surface area contributed by atoms with Crippen molar-refractivity contribution in [3.05, 3.63) is 95.2 Å². The Balaban J connectivity index is 1.33. The third kappa shape index (κ3) is 6.48. The number of hydrogen-bond acceptors (Lipinski definition) is 3. The van der Waals surface area contributed by atoms with Crippen LogP contribution in [0.2, 0.25) is 0 Å². The number of benzene rings is 3. The summed E-state index contributed by atoms with van der Waals surface area (Å²) in [5.74, 6) is 1.58. The van der Waals surface area contributed by atoms with Crippen molar-refractivity contribution >= 4 is 16.8 Å². The zero-order valence-electron chi connectivity index (χ0n) is 21.5. The first-order chi connectivity index (χ1) is 17.6. The minimum absolute atomic E-state index is 0.0707. The lowest BCUT2D eigenvalue weighted by molar-refractivity contribution is -0.121. The Labute approximate surface area is 214 Å². The van der Waals surface area contributed by atoms with Gasteiger partial charge in [0, 0.05) is 36.6 Å². The van der Waals surface area contributed by atoms with Crippen LogP contribution in [-0.2, 0) is 24.2 Å². The van der Waals surface area contributed by atoms with E-state index in [1.165, 1.54) is 27.6 Å². The van der Waals surface area contributed by atoms with Gasteiger partial charge in [-0.1, -0.05) is 54.1 Å². The number of carbonyl (C=O) groups excluding carboxylic acids is 1. The summed E-state index contributed by atoms with van der Waals surface area (Å²) in [6.07, 6.45) is 4.12. The predicted octanol–water partition coefficient (Wildman–Crippen LogP) is 6.09. The third-order valence-corrected chi connectivity index (χ3v) is 6.31. The molecule has 36 heavy (non-hydrogen) atoms. The van der Waals surface area contributed by atoms with Gasteiger partial charge in [-0.25, -0.2) is 0 Å². The Morgan fingerprint density at radius 2 is 1.58 bits per heavy atom. The maximum Gasteiger partial charge on any atom is 0.220 e. The second kappa shape index (κ2) is 12.3. The number of fused-ring (bicyclic) bond motifs is 1. The van der Waals surface area contributed by atoms with Gasteiger partial charge in [-0.05, 0) is 68.5 Å². The summed E-state index contributed by atoms with van der Waals surface area (Å²) in [4.78, 5) is 12.6. The predicted molar refractivity (Wildman–Crippen MR) is 146 cm³/mol. The number of aromatic nitrogens is 1. The van der Waals surface area contributed by atoms with Crippen LogP contribution in [-0.4, -0.2) is 30.2 Å². The van der Waals surface area contributed by atoms with Crippen molar-refractivity contribution in [2.45, 2.75) is 46.6 Å². The molecule has 1 heterocycles. The Morgan fingerprint density at radius 3 is 2.36 bits per heavy atom. The van der Waals surface area contributed by atoms with Crippen molar-refractivity contribution in [2.24, 2.45) is 0 Å². The van der Waals surface area contributed by atoms with Gasteiger partial charge in [0.25, 0.3) is 0 Å². The molecule has 5 heteroatoms. The van der Waals surface area contributed by atoms with Crippen LogP contribution in [0.1, 0.15) is 42.5 Å². The van der Waals surface area contributed by atoms with Gasteiger partial charge in [0.05, 0.1) is 13.2 Å². The topological polar surface area (TPSA) is 52.5 Å². The number of amides is 1. The van der Waals surface area contributed by atoms with Gasteiger partial charge < -0.3 is 19.4 Å². The number of hydrogen-bond donors (Lipinski definition) is 1. The molecular weight excluding hydrogens is 448 g/mol. The molecular formula is C31H36N2O3. The zero-order chi connectivity index (χ0) is 25.3. The van der Waals surface area contributed by atoms with Crippen LogP contribution in [0.25, 0.3) is 10.9 Å². The van der Waals surface area contributed by atoms with E-state index < -0.39 is 0 Å². The lowest BCUT2D eigenvalue weighted by atomic mass is 10.1. The molecule has 1 aromatic heterocycles. The number of nitrogens with zero attached hydrogens (tertiary/aromatic N) is 1. The molecule has 0 fully saturated rings. The van der Waals surface area contributed by atoms with Gasteiger partial charge in [-0.15, -0.1) is 0 Å². The summed E-state index contributed by atoms with van der Waals surface area (Å²) in [5.41, 5.74) is 6.06. The van der Waals surface area contributed by atoms with E-state index in [0.29, 0.717) is 32.6 Å². The van der Waals surface area contributed by atoms with Crippen molar-refractivity contribution in [1.29, 1.82) is 0 Å². The summed E-state index contributed by atoms with van der Waals surface area (Å²) in [6, 6.07) is 23.1. The highest BCUT2D eigenvalue weighted by molar-refractivity contribution is 5.85. The molecule has 0 unspecified atom stereocenters. The SMILES string of the molecule is CCOc1ccc(CCNC(=O)CCc2cn(Cc3ccc(C)cc3)c3ccccc23)cc1OCC. The second-order valence-corrected chi connectivity index (χ2v) is 9.03. The molecule has 0 radical (unpaired) electrons. The van der Waals surface area contributed by atoms with Gasteiger partial charge in [0.1, 0.15) is 0 Å². The Hall–Kier alpha value is -3.73. The van der Waals surface area contributed by atoms with E-state index >= 15 is 0 Å². The van der Waals surface area contributed by atoms with Crippen LogP contribution in [0.3, 0.4) is 0 Å². The number of para-hydroxylation sites is 1. The van der Waals surface area contributed by atoms with Crippen molar-refractivity contribution < 1.29 is 14.3 Å². The fraction of sp³-hybridized carbons (Fsp3) is 0.323. The summed E-state index contributed by atoms with van der Waals surface area (Å²) >= 11 is 0. The summed E-state index contributed by atoms with van der Waals surface area (Å²) in [7, 11) is 0. The Bertz CT molecular complexity index is 1290. The molecule has 0 spiro atoms. The molecule has 0 atom stereocenters. The van der Waals surface area contributed by atoms with Crippen LogP contribution >= 0.6 is 0 Å². The van der Waals surface area contributed by atoms with Crippen molar-refractivity contribution in [3.8, 4) is 11.5 Å². The van der Waals surface area contributed by atoms with E-state index in [1.807, 2.05) is 32.0 Å². The first-order valence-electron chi connectivity index (χ1n) is 12.8. The van der Waals surface area contributed by atoms with E-state index in [4.69, 9.17) is 9.47 Å². The number of carbonyl (C=O) groups is 1. The molecule has 5 nitrogen and oxygen atoms in total. The number of ether oxygens (including phenoxy) is 2. The molecule has 0 aliphatic carbocycles. The summed E-state index contributed by atoms with van der Waals surface area (Å²) in [5, 5.41) is 4.29. The van der Waals surface area contributed by atoms with E-state index in [2.05, 4.69) is 71.5 Å². The van der Waals surface area contributed by atoms with Gasteiger partial charge in [-0.2, -0.15) is 0 Å². The first-order valence-corrected chi connectivity index (χ1v) is 12.8. The molecule has 0 bridgehead atoms. The lowest BCUT2D eigenvalue weighted by Gasteiger charge is -2.12. The normalized spacial score (nSPS) is 11.0. The highest BCUT2D eigenvalue weighted by Gasteiger charge is 2.11. The number of nitrogens with one attached hydrogen (secondary N) is 1. The van der Waals surface area contributed by atoms with E-state index in [1.54, 1.807) is 0 Å². The molecule has 1 N–H and O–H groups in total. The highest BCUT2D eigenvalue weighted by Crippen LogP contribution is 2.28.